The zero-order valence-electron chi connectivity index (χ0n) is 16.4. The molecule has 0 aliphatic carbocycles. The summed E-state index contributed by atoms with van der Waals surface area (Å²) in [6, 6.07) is 12.5. The van der Waals surface area contributed by atoms with Crippen LogP contribution in [0.15, 0.2) is 58.0 Å². The van der Waals surface area contributed by atoms with Crippen molar-refractivity contribution >= 4 is 45.3 Å². The highest BCUT2D eigenvalue weighted by atomic mass is 32.1. The Bertz CT molecular complexity index is 1360. The Morgan fingerprint density at radius 3 is 2.61 bits per heavy atom. The monoisotopic (exact) mass is 450 g/mol. The minimum absolute atomic E-state index is 0.0171. The van der Waals surface area contributed by atoms with Crippen molar-refractivity contribution in [2.24, 2.45) is 5.73 Å². The molecule has 7 nitrogen and oxygen atoms in total. The molecule has 1 aliphatic heterocycles. The molecule has 5 rings (SSSR count). The van der Waals surface area contributed by atoms with Gasteiger partial charge in [0, 0.05) is 21.7 Å². The Morgan fingerprint density at radius 2 is 1.87 bits per heavy atom. The van der Waals surface area contributed by atoms with Gasteiger partial charge in [0.15, 0.2) is 5.69 Å². The maximum absolute atomic E-state index is 13.4. The van der Waals surface area contributed by atoms with Crippen molar-refractivity contribution in [1.29, 1.82) is 0 Å². The van der Waals surface area contributed by atoms with Gasteiger partial charge in [0.25, 0.3) is 11.5 Å². The normalized spacial score (nSPS) is 15.7. The van der Waals surface area contributed by atoms with Gasteiger partial charge in [0.1, 0.15) is 6.54 Å². The Labute approximate surface area is 185 Å². The average molecular weight is 451 g/mol. The molecule has 2 amide bonds. The number of fused-ring (bicyclic) bond motifs is 2. The topological polar surface area (TPSA) is 98.3 Å². The summed E-state index contributed by atoms with van der Waals surface area (Å²) in [4.78, 5) is 42.4. The molecular formula is C22H18N4O3S2. The number of rotatable bonds is 4. The molecule has 1 atom stereocenters. The lowest BCUT2D eigenvalue weighted by molar-refractivity contribution is -0.134. The van der Waals surface area contributed by atoms with Gasteiger partial charge in [-0.05, 0) is 40.9 Å². The Morgan fingerprint density at radius 1 is 1.06 bits per heavy atom. The van der Waals surface area contributed by atoms with E-state index in [0.29, 0.717) is 17.3 Å². The van der Waals surface area contributed by atoms with Crippen molar-refractivity contribution in [3.8, 4) is 0 Å². The van der Waals surface area contributed by atoms with Crippen LogP contribution >= 0.6 is 22.7 Å². The van der Waals surface area contributed by atoms with Crippen LogP contribution in [0.5, 0.6) is 0 Å². The number of amides is 2. The molecule has 9 heteroatoms. The predicted octanol–water partition coefficient (Wildman–Crippen LogP) is 2.79. The molecule has 0 radical (unpaired) electrons. The first-order valence-electron chi connectivity index (χ1n) is 9.73. The van der Waals surface area contributed by atoms with Crippen molar-refractivity contribution < 1.29 is 9.59 Å². The lowest BCUT2D eigenvalue weighted by Crippen LogP contribution is -2.43. The predicted molar refractivity (Wildman–Crippen MR) is 120 cm³/mol. The van der Waals surface area contributed by atoms with Crippen LogP contribution in [0.2, 0.25) is 0 Å². The molecule has 3 aromatic heterocycles. The summed E-state index contributed by atoms with van der Waals surface area (Å²) in [5, 5.41) is 8.89. The van der Waals surface area contributed by atoms with Crippen LogP contribution < -0.4 is 11.3 Å². The molecule has 31 heavy (non-hydrogen) atoms. The van der Waals surface area contributed by atoms with E-state index < -0.39 is 11.5 Å². The van der Waals surface area contributed by atoms with Crippen molar-refractivity contribution in [3.05, 3.63) is 84.6 Å². The zero-order valence-corrected chi connectivity index (χ0v) is 18.0. The smallest absolute Gasteiger partial charge is 0.275 e. The summed E-state index contributed by atoms with van der Waals surface area (Å²) in [5.74, 6) is -0.967. The third kappa shape index (κ3) is 3.35. The van der Waals surface area contributed by atoms with Gasteiger partial charge in [-0.2, -0.15) is 5.10 Å². The quantitative estimate of drug-likeness (QED) is 0.517. The van der Waals surface area contributed by atoms with Crippen molar-refractivity contribution in [2.45, 2.75) is 19.0 Å². The van der Waals surface area contributed by atoms with Crippen molar-refractivity contribution in [1.82, 2.24) is 14.7 Å². The number of nitrogens with two attached hydrogens (primary N) is 1. The van der Waals surface area contributed by atoms with E-state index in [-0.39, 0.29) is 24.2 Å². The van der Waals surface area contributed by atoms with Crippen LogP contribution in [0.4, 0.5) is 0 Å². The van der Waals surface area contributed by atoms with Crippen molar-refractivity contribution in [2.75, 3.05) is 6.54 Å². The van der Waals surface area contributed by atoms with Crippen LogP contribution in [0.1, 0.15) is 31.8 Å². The van der Waals surface area contributed by atoms with Gasteiger partial charge in [-0.3, -0.25) is 14.4 Å². The molecule has 0 fully saturated rings. The fraction of sp³-hybridized carbons (Fsp3) is 0.182. The van der Waals surface area contributed by atoms with E-state index in [1.165, 1.54) is 4.88 Å². The van der Waals surface area contributed by atoms with E-state index in [1.807, 2.05) is 22.9 Å². The lowest BCUT2D eigenvalue weighted by atomic mass is 9.98. The van der Waals surface area contributed by atoms with Crippen molar-refractivity contribution in [3.63, 3.8) is 0 Å². The molecule has 0 bridgehead atoms. The number of hydrogen-bond donors (Lipinski definition) is 1. The average Bonchev–Trinajstić information content (AvgIpc) is 3.46. The van der Waals surface area contributed by atoms with E-state index in [2.05, 4.69) is 11.2 Å². The van der Waals surface area contributed by atoms with E-state index in [0.717, 1.165) is 21.5 Å². The zero-order chi connectivity index (χ0) is 21.5. The minimum atomic E-state index is -0.741. The highest BCUT2D eigenvalue weighted by molar-refractivity contribution is 7.10. The first-order valence-corrected chi connectivity index (χ1v) is 11.5. The van der Waals surface area contributed by atoms with Gasteiger partial charge < -0.3 is 10.6 Å². The maximum Gasteiger partial charge on any atom is 0.275 e. The lowest BCUT2D eigenvalue weighted by Gasteiger charge is -2.35. The minimum Gasteiger partial charge on any atom is -0.364 e. The van der Waals surface area contributed by atoms with E-state index in [1.54, 1.807) is 51.8 Å². The van der Waals surface area contributed by atoms with Gasteiger partial charge in [-0.1, -0.05) is 24.3 Å². The van der Waals surface area contributed by atoms with E-state index >= 15 is 0 Å². The molecular weight excluding hydrogens is 432 g/mol. The number of carbonyl (C=O) groups excluding carboxylic acids is 2. The highest BCUT2D eigenvalue weighted by Gasteiger charge is 2.33. The SMILES string of the molecule is NC(=O)c1nn(CC(=O)N2CCc3sccc3[C@H]2c2cccs2)c(=O)c2ccccc12. The molecule has 0 unspecified atom stereocenters. The molecule has 0 spiro atoms. The standard InChI is InChI=1S/C22H18N4O3S2/c23-21(28)19-13-4-1-2-5-14(13)22(29)26(24-19)12-18(27)25-9-7-16-15(8-11-31-16)20(25)17-6-3-10-30-17/h1-6,8,10-11,20H,7,9,12H2,(H2,23,28)/t20-/m0/s1. The first kappa shape index (κ1) is 19.7. The molecule has 4 aromatic rings. The summed E-state index contributed by atoms with van der Waals surface area (Å²) < 4.78 is 1.05. The van der Waals surface area contributed by atoms with Crippen LogP contribution in [-0.4, -0.2) is 33.0 Å². The molecule has 0 saturated carbocycles. The van der Waals surface area contributed by atoms with Crippen LogP contribution in [0.3, 0.4) is 0 Å². The molecule has 0 saturated heterocycles. The van der Waals surface area contributed by atoms with Gasteiger partial charge in [0.05, 0.1) is 11.4 Å². The van der Waals surface area contributed by atoms with Gasteiger partial charge in [0.2, 0.25) is 5.91 Å². The Hall–Kier alpha value is -3.30. The third-order valence-corrected chi connectivity index (χ3v) is 7.41. The third-order valence-electron chi connectivity index (χ3n) is 5.49. The van der Waals surface area contributed by atoms with Gasteiger partial charge in [-0.15, -0.1) is 22.7 Å². The summed E-state index contributed by atoms with van der Waals surface area (Å²) >= 11 is 3.30. The van der Waals surface area contributed by atoms with Gasteiger partial charge in [-0.25, -0.2) is 4.68 Å². The molecule has 156 valence electrons. The molecule has 1 aromatic carbocycles. The van der Waals surface area contributed by atoms with Gasteiger partial charge >= 0.3 is 0 Å². The number of thiophene rings is 2. The highest BCUT2D eigenvalue weighted by Crippen LogP contribution is 2.39. The summed E-state index contributed by atoms with van der Waals surface area (Å²) in [6.07, 6.45) is 0.771. The fourth-order valence-corrected chi connectivity index (χ4v) is 5.84. The van der Waals surface area contributed by atoms with Crippen LogP contribution in [0, 0.1) is 0 Å². The Kier molecular flexibility index (Phi) is 4.91. The molecule has 2 N–H and O–H groups in total. The Balaban J connectivity index is 1.54. The number of primary amides is 1. The second-order valence-electron chi connectivity index (χ2n) is 7.28. The maximum atomic E-state index is 13.4. The second kappa shape index (κ2) is 7.75. The van der Waals surface area contributed by atoms with Crippen LogP contribution in [0.25, 0.3) is 10.8 Å². The molecule has 4 heterocycles. The van der Waals surface area contributed by atoms with E-state index in [4.69, 9.17) is 5.73 Å². The molecule has 1 aliphatic rings. The number of hydrogen-bond acceptors (Lipinski definition) is 6. The number of aromatic nitrogens is 2. The number of carbonyl (C=O) groups is 2. The second-order valence-corrected chi connectivity index (χ2v) is 9.26. The number of benzene rings is 1. The van der Waals surface area contributed by atoms with E-state index in [9.17, 15) is 14.4 Å². The summed E-state index contributed by atoms with van der Waals surface area (Å²) in [6.45, 7) is 0.297. The summed E-state index contributed by atoms with van der Waals surface area (Å²) in [5.41, 5.74) is 6.18. The first-order chi connectivity index (χ1) is 15.0. The summed E-state index contributed by atoms with van der Waals surface area (Å²) in [7, 11) is 0. The fourth-order valence-electron chi connectivity index (χ4n) is 4.08. The largest absolute Gasteiger partial charge is 0.364 e. The van der Waals surface area contributed by atoms with Crippen LogP contribution in [-0.2, 0) is 17.8 Å². The number of nitrogens with zero attached hydrogens (tertiary/aromatic N) is 3.